The lowest BCUT2D eigenvalue weighted by molar-refractivity contribution is -0.140. The number of benzene rings is 1. The number of rotatable bonds is 5. The van der Waals surface area contributed by atoms with Crippen LogP contribution < -0.4 is 5.56 Å². The van der Waals surface area contributed by atoms with Crippen LogP contribution in [0.5, 0.6) is 0 Å². The Hall–Kier alpha value is -3.09. The van der Waals surface area contributed by atoms with Gasteiger partial charge in [0.25, 0.3) is 5.56 Å². The van der Waals surface area contributed by atoms with Gasteiger partial charge in [0.05, 0.1) is 25.4 Å². The molecule has 2 heterocycles. The molecule has 0 aliphatic rings. The summed E-state index contributed by atoms with van der Waals surface area (Å²) >= 11 is 0. The maximum atomic E-state index is 12.2. The summed E-state index contributed by atoms with van der Waals surface area (Å²) in [5.41, 5.74) is 3.45. The molecule has 7 heteroatoms. The molecule has 0 fully saturated rings. The molecule has 0 spiro atoms. The van der Waals surface area contributed by atoms with E-state index in [1.54, 1.807) is 13.1 Å². The van der Waals surface area contributed by atoms with Crippen molar-refractivity contribution in [3.05, 3.63) is 63.7 Å². The van der Waals surface area contributed by atoms with Gasteiger partial charge in [-0.1, -0.05) is 30.3 Å². The van der Waals surface area contributed by atoms with Gasteiger partial charge in [0, 0.05) is 22.7 Å². The highest BCUT2D eigenvalue weighted by Gasteiger charge is 2.28. The number of hydrogen-bond acceptors (Lipinski definition) is 4. The molecular formula is C17H18N4O3. The zero-order valence-electron chi connectivity index (χ0n) is 13.4. The van der Waals surface area contributed by atoms with E-state index in [9.17, 15) is 9.59 Å². The van der Waals surface area contributed by atoms with E-state index in [0.717, 1.165) is 16.8 Å². The minimum atomic E-state index is -0.457. The molecule has 0 radical (unpaired) electrons. The van der Waals surface area contributed by atoms with Gasteiger partial charge in [-0.25, -0.2) is 0 Å². The second-order valence-corrected chi connectivity index (χ2v) is 5.52. The van der Waals surface area contributed by atoms with Gasteiger partial charge in [-0.05, 0) is 12.5 Å². The fraction of sp³-hybridized carbons (Fsp3) is 0.235. The van der Waals surface area contributed by atoms with E-state index in [1.165, 1.54) is 7.11 Å². The van der Waals surface area contributed by atoms with Crippen molar-refractivity contribution >= 4 is 5.97 Å². The van der Waals surface area contributed by atoms with Gasteiger partial charge in [-0.2, -0.15) is 5.10 Å². The Bertz CT molecular complexity index is 892. The molecule has 24 heavy (non-hydrogen) atoms. The molecule has 1 atom stereocenters. The first kappa shape index (κ1) is 15.8. The number of aromatic nitrogens is 4. The van der Waals surface area contributed by atoms with Crippen molar-refractivity contribution in [3.63, 3.8) is 0 Å². The van der Waals surface area contributed by atoms with E-state index in [4.69, 9.17) is 4.74 Å². The Balaban J connectivity index is 2.13. The monoisotopic (exact) mass is 326 g/mol. The summed E-state index contributed by atoms with van der Waals surface area (Å²) in [6, 6.07) is 9.65. The summed E-state index contributed by atoms with van der Waals surface area (Å²) in [5.74, 6) is -0.846. The molecule has 0 aliphatic heterocycles. The SMILES string of the molecule is COC(=O)CC(c1cn[nH]c1-c1ccccc1)c1c(C)[nH][nH]c1=O. The molecule has 1 unspecified atom stereocenters. The fourth-order valence-corrected chi connectivity index (χ4v) is 2.89. The first-order valence-electron chi connectivity index (χ1n) is 7.54. The number of nitrogens with one attached hydrogen (secondary N) is 3. The fourth-order valence-electron chi connectivity index (χ4n) is 2.89. The normalized spacial score (nSPS) is 12.1. The summed E-state index contributed by atoms with van der Waals surface area (Å²) in [5, 5.41) is 12.5. The van der Waals surface area contributed by atoms with E-state index < -0.39 is 5.92 Å². The van der Waals surface area contributed by atoms with Crippen LogP contribution in [0.15, 0.2) is 41.3 Å². The summed E-state index contributed by atoms with van der Waals surface area (Å²) in [4.78, 5) is 24.1. The van der Waals surface area contributed by atoms with Crippen LogP contribution in [-0.4, -0.2) is 33.5 Å². The Morgan fingerprint density at radius 1 is 1.25 bits per heavy atom. The topological polar surface area (TPSA) is 104 Å². The second kappa shape index (κ2) is 6.57. The Kier molecular flexibility index (Phi) is 4.33. The van der Waals surface area contributed by atoms with Crippen molar-refractivity contribution in [1.29, 1.82) is 0 Å². The highest BCUT2D eigenvalue weighted by Crippen LogP contribution is 2.34. The third-order valence-electron chi connectivity index (χ3n) is 4.07. The molecule has 3 N–H and O–H groups in total. The smallest absolute Gasteiger partial charge is 0.306 e. The van der Waals surface area contributed by atoms with Crippen LogP contribution in [0.3, 0.4) is 0 Å². The van der Waals surface area contributed by atoms with Gasteiger partial charge in [0.2, 0.25) is 0 Å². The molecular weight excluding hydrogens is 308 g/mol. The van der Waals surface area contributed by atoms with Crippen molar-refractivity contribution in [3.8, 4) is 11.3 Å². The van der Waals surface area contributed by atoms with E-state index in [1.807, 2.05) is 30.3 Å². The Labute approximate surface area is 138 Å². The number of ether oxygens (including phenoxy) is 1. The second-order valence-electron chi connectivity index (χ2n) is 5.52. The number of nitrogens with zero attached hydrogens (tertiary/aromatic N) is 1. The molecule has 0 bridgehead atoms. The maximum absolute atomic E-state index is 12.2. The summed E-state index contributed by atoms with van der Waals surface area (Å²) in [7, 11) is 1.33. The average molecular weight is 326 g/mol. The number of aromatic amines is 3. The minimum absolute atomic E-state index is 0.0532. The van der Waals surface area contributed by atoms with E-state index >= 15 is 0 Å². The van der Waals surface area contributed by atoms with Crippen molar-refractivity contribution in [2.75, 3.05) is 7.11 Å². The van der Waals surface area contributed by atoms with E-state index in [2.05, 4.69) is 20.4 Å². The van der Waals surface area contributed by atoms with Gasteiger partial charge in [-0.3, -0.25) is 19.8 Å². The number of H-pyrrole nitrogens is 3. The van der Waals surface area contributed by atoms with Crippen molar-refractivity contribution in [1.82, 2.24) is 20.4 Å². The third kappa shape index (κ3) is 2.88. The molecule has 124 valence electrons. The average Bonchev–Trinajstić information content (AvgIpc) is 3.21. The molecule has 2 aromatic heterocycles. The van der Waals surface area contributed by atoms with Crippen LogP contribution >= 0.6 is 0 Å². The molecule has 7 nitrogen and oxygen atoms in total. The highest BCUT2D eigenvalue weighted by molar-refractivity contribution is 5.73. The summed E-state index contributed by atoms with van der Waals surface area (Å²) in [6.07, 6.45) is 1.71. The number of esters is 1. The van der Waals surface area contributed by atoms with Crippen molar-refractivity contribution < 1.29 is 9.53 Å². The van der Waals surface area contributed by atoms with Crippen molar-refractivity contribution in [2.45, 2.75) is 19.3 Å². The standard InChI is InChI=1S/C17H18N4O3/c1-10-15(17(23)21-19-10)12(8-14(22)24-2)13-9-18-20-16(13)11-6-4-3-5-7-11/h3-7,9,12H,8H2,1-2H3,(H,18,20)(H2,19,21,23). The molecule has 3 aromatic rings. The van der Waals surface area contributed by atoms with E-state index in [0.29, 0.717) is 11.3 Å². The maximum Gasteiger partial charge on any atom is 0.306 e. The van der Waals surface area contributed by atoms with Gasteiger partial charge in [0.1, 0.15) is 0 Å². The van der Waals surface area contributed by atoms with E-state index in [-0.39, 0.29) is 17.9 Å². The molecule has 0 saturated heterocycles. The van der Waals surface area contributed by atoms with Crippen molar-refractivity contribution in [2.24, 2.45) is 0 Å². The Morgan fingerprint density at radius 3 is 2.62 bits per heavy atom. The minimum Gasteiger partial charge on any atom is -0.469 e. The quantitative estimate of drug-likeness (QED) is 0.625. The van der Waals surface area contributed by atoms with Crippen LogP contribution in [0.25, 0.3) is 11.3 Å². The first-order chi connectivity index (χ1) is 11.6. The van der Waals surface area contributed by atoms with Crippen LogP contribution in [0.1, 0.15) is 29.2 Å². The molecule has 1 aromatic carbocycles. The van der Waals surface area contributed by atoms with Gasteiger partial charge >= 0.3 is 5.97 Å². The third-order valence-corrected chi connectivity index (χ3v) is 4.07. The number of aryl methyl sites for hydroxylation is 1. The largest absolute Gasteiger partial charge is 0.469 e. The van der Waals surface area contributed by atoms with Crippen LogP contribution in [-0.2, 0) is 9.53 Å². The number of carbonyl (C=O) groups excluding carboxylic acids is 1. The molecule has 0 saturated carbocycles. The summed E-state index contributed by atoms with van der Waals surface area (Å²) in [6.45, 7) is 1.79. The number of carbonyl (C=O) groups is 1. The zero-order valence-corrected chi connectivity index (χ0v) is 13.4. The van der Waals surface area contributed by atoms with Crippen LogP contribution in [0, 0.1) is 6.92 Å². The predicted octanol–water partition coefficient (Wildman–Crippen LogP) is 2.10. The number of methoxy groups -OCH3 is 1. The lowest BCUT2D eigenvalue weighted by Crippen LogP contribution is -2.17. The zero-order chi connectivity index (χ0) is 17.1. The number of hydrogen-bond donors (Lipinski definition) is 3. The van der Waals surface area contributed by atoms with Gasteiger partial charge < -0.3 is 9.84 Å². The summed E-state index contributed by atoms with van der Waals surface area (Å²) < 4.78 is 4.81. The predicted molar refractivity (Wildman–Crippen MR) is 88.7 cm³/mol. The van der Waals surface area contributed by atoms with Gasteiger partial charge in [0.15, 0.2) is 0 Å². The lowest BCUT2D eigenvalue weighted by atomic mass is 9.87. The molecule has 0 amide bonds. The highest BCUT2D eigenvalue weighted by atomic mass is 16.5. The van der Waals surface area contributed by atoms with Crippen LogP contribution in [0.2, 0.25) is 0 Å². The molecule has 0 aliphatic carbocycles. The van der Waals surface area contributed by atoms with Crippen LogP contribution in [0.4, 0.5) is 0 Å². The first-order valence-corrected chi connectivity index (χ1v) is 7.54. The Morgan fingerprint density at radius 2 is 2.00 bits per heavy atom. The lowest BCUT2D eigenvalue weighted by Gasteiger charge is -2.15. The molecule has 3 rings (SSSR count). The van der Waals surface area contributed by atoms with Gasteiger partial charge in [-0.15, -0.1) is 0 Å².